The fourth-order valence-electron chi connectivity index (χ4n) is 12.0. The summed E-state index contributed by atoms with van der Waals surface area (Å²) in [6, 6.07) is 70.7. The summed E-state index contributed by atoms with van der Waals surface area (Å²) < 4.78 is 7.44. The Kier molecular flexibility index (Phi) is 8.03. The molecule has 3 nitrogen and oxygen atoms in total. The van der Waals surface area contributed by atoms with Crippen LogP contribution in [0.4, 0.5) is 34.1 Å². The molecule has 0 N–H and O–H groups in total. The molecule has 4 heteroatoms. The molecule has 0 bridgehead atoms. The zero-order valence-electron chi connectivity index (χ0n) is 39.3. The van der Waals surface area contributed by atoms with Crippen molar-refractivity contribution < 1.29 is 4.42 Å². The summed E-state index contributed by atoms with van der Waals surface area (Å²) in [4.78, 5) is 5.11. The van der Waals surface area contributed by atoms with E-state index in [4.69, 9.17) is 4.42 Å². The molecule has 2 aliphatic heterocycles. The van der Waals surface area contributed by atoms with Crippen LogP contribution in [0.5, 0.6) is 0 Å². The molecule has 0 amide bonds. The Labute approximate surface area is 396 Å². The fraction of sp³-hybridized carbons (Fsp3) is 0.125. The summed E-state index contributed by atoms with van der Waals surface area (Å²) >= 11 is 0. The van der Waals surface area contributed by atoms with E-state index in [-0.39, 0.29) is 17.5 Å². The molecule has 1 aromatic heterocycles. The lowest BCUT2D eigenvalue weighted by molar-refractivity contribution is 0.590. The Morgan fingerprint density at radius 1 is 0.368 bits per heavy atom. The second kappa shape index (κ2) is 13.9. The maximum atomic E-state index is 7.44. The Hall–Kier alpha value is -7.82. The monoisotopic (exact) mass is 872 g/mol. The van der Waals surface area contributed by atoms with Gasteiger partial charge in [-0.3, -0.25) is 0 Å². The molecule has 12 aromatic rings. The van der Waals surface area contributed by atoms with Crippen molar-refractivity contribution in [2.45, 2.75) is 52.4 Å². The maximum Gasteiger partial charge on any atom is 0.297 e. The Morgan fingerprint density at radius 3 is 1.44 bits per heavy atom. The summed E-state index contributed by atoms with van der Waals surface area (Å²) in [7, 11) is 0. The zero-order chi connectivity index (χ0) is 45.8. The smallest absolute Gasteiger partial charge is 0.297 e. The van der Waals surface area contributed by atoms with Gasteiger partial charge in [0, 0.05) is 33.5 Å². The molecule has 0 aliphatic carbocycles. The van der Waals surface area contributed by atoms with Crippen LogP contribution in [0.2, 0.25) is 0 Å². The molecular formula is C64H49BN2O. The van der Waals surface area contributed by atoms with Crippen LogP contribution in [-0.4, -0.2) is 6.71 Å². The lowest BCUT2D eigenvalue weighted by Crippen LogP contribution is -2.61. The first kappa shape index (κ1) is 39.4. The maximum absolute atomic E-state index is 7.44. The summed E-state index contributed by atoms with van der Waals surface area (Å²) in [5, 5.41) is 16.3. The van der Waals surface area contributed by atoms with Gasteiger partial charge in [-0.25, -0.2) is 0 Å². The van der Waals surface area contributed by atoms with E-state index in [0.717, 1.165) is 39.4 Å². The number of hydrogen-bond acceptors (Lipinski definition) is 3. The number of anilines is 6. The summed E-state index contributed by atoms with van der Waals surface area (Å²) in [5.74, 6) is 0. The van der Waals surface area contributed by atoms with E-state index in [2.05, 4.69) is 239 Å². The molecule has 14 rings (SSSR count). The number of hydrogen-bond donors (Lipinski definition) is 0. The first-order chi connectivity index (χ1) is 33.0. The van der Waals surface area contributed by atoms with E-state index in [1.54, 1.807) is 0 Å². The Morgan fingerprint density at radius 2 is 0.838 bits per heavy atom. The SMILES string of the molecule is CC(C)(C)c1ccc2c(c1)B1c3oc4ccc(C(C)(C)C)cc4c3N(c3cccc4c5ccccc5c5ccccc5c34)c3cccc(c31)N2c1ccc2c3ccccc3c3ccccc3c2c1. The summed E-state index contributed by atoms with van der Waals surface area (Å²) in [5.41, 5.74) is 13.7. The van der Waals surface area contributed by atoms with Crippen LogP contribution in [0.25, 0.3) is 75.6 Å². The van der Waals surface area contributed by atoms with E-state index < -0.39 is 0 Å². The number of nitrogens with zero attached hydrogens (tertiary/aromatic N) is 2. The predicted molar refractivity (Wildman–Crippen MR) is 293 cm³/mol. The molecular weight excluding hydrogens is 824 g/mol. The molecule has 324 valence electrons. The van der Waals surface area contributed by atoms with Gasteiger partial charge in [-0.05, 0) is 141 Å². The van der Waals surface area contributed by atoms with Gasteiger partial charge in [0.25, 0.3) is 6.71 Å². The molecule has 0 unspecified atom stereocenters. The fourth-order valence-corrected chi connectivity index (χ4v) is 12.0. The highest BCUT2D eigenvalue weighted by molar-refractivity contribution is 7.00. The molecule has 0 saturated heterocycles. The van der Waals surface area contributed by atoms with Gasteiger partial charge in [-0.15, -0.1) is 0 Å². The predicted octanol–water partition coefficient (Wildman–Crippen LogP) is 16.0. The zero-order valence-corrected chi connectivity index (χ0v) is 39.3. The van der Waals surface area contributed by atoms with Crippen LogP contribution >= 0.6 is 0 Å². The second-order valence-corrected chi connectivity index (χ2v) is 21.2. The van der Waals surface area contributed by atoms with E-state index in [9.17, 15) is 0 Å². The van der Waals surface area contributed by atoms with E-state index in [0.29, 0.717) is 0 Å². The molecule has 0 atom stereocenters. The van der Waals surface area contributed by atoms with Gasteiger partial charge in [0.05, 0.1) is 17.0 Å². The average molecular weight is 873 g/mol. The van der Waals surface area contributed by atoms with Gasteiger partial charge in [0.2, 0.25) is 0 Å². The van der Waals surface area contributed by atoms with E-state index >= 15 is 0 Å². The standard InChI is InChI=1S/C64H49BN2O/c1-63(2,3)38-30-34-58-52(35-38)61-62(68-58)65-53-36-39(64(4,5)6)29-33-54(53)66(40-31-32-48-43-19-8-7-17-41(43)42-18-10-12-23-47(42)51(48)37-40)56-27-16-28-57(60(56)65)67(61)55-26-15-25-50-46-21-11-9-20-44(46)45-22-13-14-24-49(45)59(50)55/h7-37H,1-6H3. The third-order valence-electron chi connectivity index (χ3n) is 15.3. The summed E-state index contributed by atoms with van der Waals surface area (Å²) in [6.07, 6.45) is 0. The van der Waals surface area contributed by atoms with Gasteiger partial charge in [0.15, 0.2) is 0 Å². The van der Waals surface area contributed by atoms with Crippen LogP contribution in [0.3, 0.4) is 0 Å². The Balaban J connectivity index is 1.12. The highest BCUT2D eigenvalue weighted by Gasteiger charge is 2.47. The van der Waals surface area contributed by atoms with E-state index in [1.165, 1.54) is 98.1 Å². The number of benzene rings is 11. The van der Waals surface area contributed by atoms with Crippen molar-refractivity contribution in [3.05, 3.63) is 199 Å². The van der Waals surface area contributed by atoms with Gasteiger partial charge >= 0.3 is 0 Å². The second-order valence-electron chi connectivity index (χ2n) is 21.2. The van der Waals surface area contributed by atoms with Crippen molar-refractivity contribution >= 4 is 133 Å². The van der Waals surface area contributed by atoms with Crippen molar-refractivity contribution in [1.29, 1.82) is 0 Å². The number of furan rings is 1. The third-order valence-corrected chi connectivity index (χ3v) is 15.3. The molecule has 0 saturated carbocycles. The molecule has 0 fully saturated rings. The number of fused-ring (bicyclic) bond motifs is 18. The molecule has 3 heterocycles. The quantitative estimate of drug-likeness (QED) is 0.127. The van der Waals surface area contributed by atoms with Crippen molar-refractivity contribution in [3.63, 3.8) is 0 Å². The normalized spacial score (nSPS) is 13.6. The molecule has 0 radical (unpaired) electrons. The van der Waals surface area contributed by atoms with Gasteiger partial charge in [-0.2, -0.15) is 0 Å². The molecule has 68 heavy (non-hydrogen) atoms. The highest BCUT2D eigenvalue weighted by Crippen LogP contribution is 2.51. The van der Waals surface area contributed by atoms with Crippen molar-refractivity contribution in [3.8, 4) is 0 Å². The first-order valence-corrected chi connectivity index (χ1v) is 24.1. The summed E-state index contributed by atoms with van der Waals surface area (Å²) in [6.45, 7) is 13.7. The Bertz CT molecular complexity index is 4070. The topological polar surface area (TPSA) is 19.6 Å². The van der Waals surface area contributed by atoms with Crippen molar-refractivity contribution in [2.75, 3.05) is 9.80 Å². The highest BCUT2D eigenvalue weighted by atomic mass is 16.3. The molecule has 11 aromatic carbocycles. The lowest BCUT2D eigenvalue weighted by Gasteiger charge is -2.43. The largest absolute Gasteiger partial charge is 0.468 e. The van der Waals surface area contributed by atoms with Gasteiger partial charge in [0.1, 0.15) is 5.58 Å². The molecule has 0 spiro atoms. The van der Waals surface area contributed by atoms with Crippen molar-refractivity contribution in [1.82, 2.24) is 0 Å². The van der Waals surface area contributed by atoms with Gasteiger partial charge < -0.3 is 14.2 Å². The lowest BCUT2D eigenvalue weighted by atomic mass is 9.35. The first-order valence-electron chi connectivity index (χ1n) is 24.1. The minimum atomic E-state index is -0.163. The number of rotatable bonds is 2. The van der Waals surface area contributed by atoms with Crippen LogP contribution < -0.4 is 26.4 Å². The van der Waals surface area contributed by atoms with E-state index in [1.807, 2.05) is 0 Å². The van der Waals surface area contributed by atoms with Gasteiger partial charge in [-0.1, -0.05) is 181 Å². The van der Waals surface area contributed by atoms with Crippen molar-refractivity contribution in [2.24, 2.45) is 0 Å². The minimum absolute atomic E-state index is 0.0610. The average Bonchev–Trinajstić information content (AvgIpc) is 3.74. The third kappa shape index (κ3) is 5.43. The molecule has 2 aliphatic rings. The van der Waals surface area contributed by atoms with Crippen LogP contribution in [-0.2, 0) is 10.8 Å². The van der Waals surface area contributed by atoms with Crippen LogP contribution in [0.1, 0.15) is 52.7 Å². The van der Waals surface area contributed by atoms with Crippen LogP contribution in [0, 0.1) is 0 Å². The minimum Gasteiger partial charge on any atom is -0.468 e. The van der Waals surface area contributed by atoms with Crippen LogP contribution in [0.15, 0.2) is 192 Å².